The molecule has 100 valence electrons. The standard InChI is InChI=1S/C13H16N4S2/c1-9(14)7-10-8-19-13-15-12(16-17(10)13)5-4-11-3-2-6-18-11/h2-3,6,8-9H,4-5,7,14H2,1H3. The SMILES string of the molecule is CC(N)Cc1csc2nc(CCc3cccs3)nn12. The van der Waals surface area contributed by atoms with Crippen LogP contribution in [0.5, 0.6) is 0 Å². The lowest BCUT2D eigenvalue weighted by molar-refractivity contribution is 0.698. The van der Waals surface area contributed by atoms with Gasteiger partial charge in [-0.15, -0.1) is 22.7 Å². The highest BCUT2D eigenvalue weighted by atomic mass is 32.1. The summed E-state index contributed by atoms with van der Waals surface area (Å²) in [5.74, 6) is 0.922. The topological polar surface area (TPSA) is 56.2 Å². The zero-order valence-corrected chi connectivity index (χ0v) is 12.4. The molecule has 0 amide bonds. The van der Waals surface area contributed by atoms with Crippen LogP contribution >= 0.6 is 22.7 Å². The molecule has 6 heteroatoms. The molecule has 0 spiro atoms. The maximum absolute atomic E-state index is 5.85. The van der Waals surface area contributed by atoms with Crippen molar-refractivity contribution < 1.29 is 0 Å². The molecule has 19 heavy (non-hydrogen) atoms. The molecule has 0 aromatic carbocycles. The molecule has 0 aliphatic heterocycles. The number of nitrogens with zero attached hydrogens (tertiary/aromatic N) is 3. The number of hydrogen-bond acceptors (Lipinski definition) is 5. The molecule has 0 saturated heterocycles. The van der Waals surface area contributed by atoms with Crippen molar-refractivity contribution in [3.63, 3.8) is 0 Å². The first kappa shape index (κ1) is 12.8. The monoisotopic (exact) mass is 292 g/mol. The highest BCUT2D eigenvalue weighted by Gasteiger charge is 2.11. The predicted octanol–water partition coefficient (Wildman–Crippen LogP) is 2.53. The van der Waals surface area contributed by atoms with Crippen molar-refractivity contribution in [1.82, 2.24) is 14.6 Å². The van der Waals surface area contributed by atoms with Crippen LogP contribution in [0.2, 0.25) is 0 Å². The average molecular weight is 292 g/mol. The fourth-order valence-corrected chi connectivity index (χ4v) is 3.60. The van der Waals surface area contributed by atoms with Gasteiger partial charge in [0.05, 0.1) is 5.69 Å². The minimum absolute atomic E-state index is 0.150. The Labute approximate surface area is 119 Å². The van der Waals surface area contributed by atoms with Gasteiger partial charge >= 0.3 is 0 Å². The van der Waals surface area contributed by atoms with Crippen LogP contribution in [0.3, 0.4) is 0 Å². The van der Waals surface area contributed by atoms with Gasteiger partial charge in [-0.05, 0) is 24.8 Å². The van der Waals surface area contributed by atoms with Gasteiger partial charge in [0.15, 0.2) is 5.82 Å². The third-order valence-electron chi connectivity index (χ3n) is 2.90. The molecule has 2 N–H and O–H groups in total. The van der Waals surface area contributed by atoms with E-state index in [1.807, 2.05) is 11.4 Å². The smallest absolute Gasteiger partial charge is 0.212 e. The molecule has 1 atom stereocenters. The Hall–Kier alpha value is -1.24. The van der Waals surface area contributed by atoms with Gasteiger partial charge in [-0.3, -0.25) is 0 Å². The van der Waals surface area contributed by atoms with Crippen molar-refractivity contribution in [3.8, 4) is 0 Å². The zero-order chi connectivity index (χ0) is 13.2. The average Bonchev–Trinajstić information content (AvgIpc) is 3.04. The van der Waals surface area contributed by atoms with Crippen molar-refractivity contribution >= 4 is 27.6 Å². The maximum Gasteiger partial charge on any atom is 0.212 e. The minimum atomic E-state index is 0.150. The number of rotatable bonds is 5. The summed E-state index contributed by atoms with van der Waals surface area (Å²) in [5.41, 5.74) is 7.01. The number of thiophene rings is 1. The van der Waals surface area contributed by atoms with E-state index in [4.69, 9.17) is 5.73 Å². The third kappa shape index (κ3) is 2.86. The van der Waals surface area contributed by atoms with E-state index in [0.717, 1.165) is 35.7 Å². The molecule has 0 fully saturated rings. The molecule has 4 nitrogen and oxygen atoms in total. The van der Waals surface area contributed by atoms with Crippen molar-refractivity contribution in [1.29, 1.82) is 0 Å². The lowest BCUT2D eigenvalue weighted by Gasteiger charge is -2.01. The lowest BCUT2D eigenvalue weighted by atomic mass is 10.2. The summed E-state index contributed by atoms with van der Waals surface area (Å²) in [7, 11) is 0. The summed E-state index contributed by atoms with van der Waals surface area (Å²) in [6.07, 6.45) is 2.75. The van der Waals surface area contributed by atoms with Gasteiger partial charge < -0.3 is 5.73 Å². The van der Waals surface area contributed by atoms with E-state index in [9.17, 15) is 0 Å². The summed E-state index contributed by atoms with van der Waals surface area (Å²) in [4.78, 5) is 6.93. The van der Waals surface area contributed by atoms with E-state index in [-0.39, 0.29) is 6.04 Å². The Balaban J connectivity index is 1.76. The minimum Gasteiger partial charge on any atom is -0.328 e. The highest BCUT2D eigenvalue weighted by molar-refractivity contribution is 7.15. The molecule has 0 bridgehead atoms. The summed E-state index contributed by atoms with van der Waals surface area (Å²) in [6.45, 7) is 2.01. The van der Waals surface area contributed by atoms with Gasteiger partial charge in [-0.25, -0.2) is 9.50 Å². The Morgan fingerprint density at radius 3 is 3.00 bits per heavy atom. The molecular weight excluding hydrogens is 276 g/mol. The highest BCUT2D eigenvalue weighted by Crippen LogP contribution is 2.17. The number of aryl methyl sites for hydroxylation is 2. The van der Waals surface area contributed by atoms with Crippen LogP contribution < -0.4 is 5.73 Å². The van der Waals surface area contributed by atoms with Gasteiger partial charge in [0, 0.05) is 29.1 Å². The fraction of sp³-hybridized carbons (Fsp3) is 0.385. The molecule has 3 aromatic rings. The van der Waals surface area contributed by atoms with Crippen molar-refractivity contribution in [2.45, 2.75) is 32.2 Å². The quantitative estimate of drug-likeness (QED) is 0.786. The van der Waals surface area contributed by atoms with Gasteiger partial charge in [0.2, 0.25) is 4.96 Å². The van der Waals surface area contributed by atoms with Crippen LogP contribution in [0.25, 0.3) is 4.96 Å². The fourth-order valence-electron chi connectivity index (χ4n) is 2.03. The van der Waals surface area contributed by atoms with Crippen molar-refractivity contribution in [3.05, 3.63) is 39.3 Å². The zero-order valence-electron chi connectivity index (χ0n) is 10.7. The molecule has 1 unspecified atom stereocenters. The molecule has 0 saturated carbocycles. The van der Waals surface area contributed by atoms with Crippen LogP contribution in [-0.2, 0) is 19.3 Å². The third-order valence-corrected chi connectivity index (χ3v) is 4.70. The van der Waals surface area contributed by atoms with E-state index in [1.54, 1.807) is 22.7 Å². The Bertz CT molecular complexity index is 651. The van der Waals surface area contributed by atoms with Crippen LogP contribution in [0.4, 0.5) is 0 Å². The van der Waals surface area contributed by atoms with Crippen molar-refractivity contribution in [2.75, 3.05) is 0 Å². The summed E-state index contributed by atoms with van der Waals surface area (Å²) in [5, 5.41) is 8.80. The number of hydrogen-bond donors (Lipinski definition) is 1. The van der Waals surface area contributed by atoms with Crippen LogP contribution in [0.15, 0.2) is 22.9 Å². The van der Waals surface area contributed by atoms with Crippen molar-refractivity contribution in [2.24, 2.45) is 5.73 Å². The van der Waals surface area contributed by atoms with E-state index < -0.39 is 0 Å². The lowest BCUT2D eigenvalue weighted by Crippen LogP contribution is -2.18. The first-order valence-corrected chi connectivity index (χ1v) is 8.08. The number of nitrogens with two attached hydrogens (primary N) is 1. The van der Waals surface area contributed by atoms with Crippen LogP contribution in [0.1, 0.15) is 23.3 Å². The molecule has 0 aliphatic carbocycles. The number of thiazole rings is 1. The van der Waals surface area contributed by atoms with E-state index >= 15 is 0 Å². The largest absolute Gasteiger partial charge is 0.328 e. The Morgan fingerprint density at radius 1 is 1.37 bits per heavy atom. The second kappa shape index (κ2) is 5.40. The first-order chi connectivity index (χ1) is 9.22. The second-order valence-electron chi connectivity index (χ2n) is 4.71. The molecule has 0 radical (unpaired) electrons. The number of aromatic nitrogens is 3. The first-order valence-electron chi connectivity index (χ1n) is 6.32. The van der Waals surface area contributed by atoms with E-state index in [1.165, 1.54) is 4.88 Å². The normalized spacial score (nSPS) is 13.2. The predicted molar refractivity (Wildman–Crippen MR) is 79.9 cm³/mol. The number of fused-ring (bicyclic) bond motifs is 1. The summed E-state index contributed by atoms with van der Waals surface area (Å²) < 4.78 is 1.94. The Kier molecular flexibility index (Phi) is 3.63. The van der Waals surface area contributed by atoms with E-state index in [0.29, 0.717) is 0 Å². The molecule has 3 aromatic heterocycles. The van der Waals surface area contributed by atoms with Gasteiger partial charge in [-0.2, -0.15) is 5.10 Å². The second-order valence-corrected chi connectivity index (χ2v) is 6.58. The van der Waals surface area contributed by atoms with Gasteiger partial charge in [0.25, 0.3) is 0 Å². The van der Waals surface area contributed by atoms with Crippen LogP contribution in [0, 0.1) is 0 Å². The molecular formula is C13H16N4S2. The Morgan fingerprint density at radius 2 is 2.26 bits per heavy atom. The van der Waals surface area contributed by atoms with E-state index in [2.05, 4.69) is 33.0 Å². The van der Waals surface area contributed by atoms with Gasteiger partial charge in [0.1, 0.15) is 0 Å². The molecule has 3 rings (SSSR count). The molecule has 0 aliphatic rings. The maximum atomic E-state index is 5.85. The van der Waals surface area contributed by atoms with Gasteiger partial charge in [-0.1, -0.05) is 6.07 Å². The summed E-state index contributed by atoms with van der Waals surface area (Å²) >= 11 is 3.42. The van der Waals surface area contributed by atoms with Crippen LogP contribution in [-0.4, -0.2) is 20.6 Å². The summed E-state index contributed by atoms with van der Waals surface area (Å²) in [6, 6.07) is 4.39. The molecule has 3 heterocycles.